The molecule has 1 aromatic carbocycles. The minimum Gasteiger partial charge on any atom is -0.362 e. The Labute approximate surface area is 171 Å². The summed E-state index contributed by atoms with van der Waals surface area (Å²) in [4.78, 5) is 15.8. The molecule has 0 spiro atoms. The van der Waals surface area contributed by atoms with Crippen LogP contribution in [0.15, 0.2) is 30.3 Å². The third-order valence-electron chi connectivity index (χ3n) is 5.60. The van der Waals surface area contributed by atoms with Gasteiger partial charge >= 0.3 is 6.18 Å². The number of fused-ring (bicyclic) bond motifs is 1. The van der Waals surface area contributed by atoms with Crippen LogP contribution in [0.5, 0.6) is 0 Å². The van der Waals surface area contributed by atoms with Gasteiger partial charge in [-0.2, -0.15) is 18.3 Å². The van der Waals surface area contributed by atoms with Crippen LogP contribution >= 0.6 is 11.6 Å². The van der Waals surface area contributed by atoms with Gasteiger partial charge in [0.05, 0.1) is 39.3 Å². The number of benzene rings is 1. The van der Waals surface area contributed by atoms with Crippen molar-refractivity contribution in [3.8, 4) is 0 Å². The molecule has 0 saturated carbocycles. The fraction of sp³-hybridized carbons (Fsp3) is 0.474. The quantitative estimate of drug-likeness (QED) is 0.771. The van der Waals surface area contributed by atoms with Crippen molar-refractivity contribution in [1.29, 1.82) is 0 Å². The van der Waals surface area contributed by atoms with E-state index in [0.29, 0.717) is 13.1 Å². The van der Waals surface area contributed by atoms with Crippen molar-refractivity contribution in [2.45, 2.75) is 24.7 Å². The number of halogens is 4. The zero-order valence-corrected chi connectivity index (χ0v) is 16.6. The smallest absolute Gasteiger partial charge is 0.362 e. The zero-order valence-electron chi connectivity index (χ0n) is 15.8. The lowest BCUT2D eigenvalue weighted by molar-refractivity contribution is -0.883. The predicted molar refractivity (Wildman–Crippen MR) is 102 cm³/mol. The molecule has 0 unspecified atom stereocenters. The first-order valence-corrected chi connectivity index (χ1v) is 9.90. The lowest BCUT2D eigenvalue weighted by Crippen LogP contribution is -3.12. The summed E-state index contributed by atoms with van der Waals surface area (Å²) in [6.07, 6.45) is -4.75. The van der Waals surface area contributed by atoms with Gasteiger partial charge in [-0.3, -0.25) is 4.79 Å². The summed E-state index contributed by atoms with van der Waals surface area (Å²) < 4.78 is 42.3. The van der Waals surface area contributed by atoms with Crippen molar-refractivity contribution >= 4 is 23.3 Å². The van der Waals surface area contributed by atoms with Crippen molar-refractivity contribution in [3.63, 3.8) is 0 Å². The number of hydrogen-bond donors (Lipinski definition) is 2. The number of amides is 1. The molecule has 1 fully saturated rings. The molecule has 2 aromatic rings. The lowest BCUT2D eigenvalue weighted by atomic mass is 9.97. The summed E-state index contributed by atoms with van der Waals surface area (Å²) in [6, 6.07) is 6.45. The maximum absolute atomic E-state index is 13.8. The Morgan fingerprint density at radius 2 is 1.90 bits per heavy atom. The van der Waals surface area contributed by atoms with Crippen LogP contribution in [0, 0.1) is 0 Å². The maximum atomic E-state index is 13.8. The average molecular weight is 429 g/mol. The number of rotatable bonds is 2. The number of carbonyl (C=O) groups is 1. The van der Waals surface area contributed by atoms with E-state index in [1.54, 1.807) is 35.2 Å². The Balaban J connectivity index is 1.69. The highest BCUT2D eigenvalue weighted by Gasteiger charge is 2.48. The topological polar surface area (TPSA) is 54.6 Å². The van der Waals surface area contributed by atoms with Gasteiger partial charge in [0.15, 0.2) is 11.7 Å². The van der Waals surface area contributed by atoms with E-state index in [2.05, 4.69) is 10.4 Å². The number of quaternary nitrogens is 1. The van der Waals surface area contributed by atoms with Gasteiger partial charge in [-0.05, 0) is 5.56 Å². The van der Waals surface area contributed by atoms with E-state index >= 15 is 0 Å². The highest BCUT2D eigenvalue weighted by atomic mass is 35.5. The average Bonchev–Trinajstić information content (AvgIpc) is 3.04. The number of anilines is 1. The first kappa shape index (κ1) is 20.0. The van der Waals surface area contributed by atoms with Crippen LogP contribution in [0.2, 0.25) is 5.02 Å². The van der Waals surface area contributed by atoms with E-state index < -0.39 is 24.2 Å². The minimum atomic E-state index is -4.52. The number of hydrogen-bond acceptors (Lipinski definition) is 3. The Hall–Kier alpha value is -2.26. The molecule has 2 N–H and O–H groups in total. The standard InChI is InChI=1S/C19H21ClF3N5O/c1-26-7-9-27(10-8-26)18(29)16-15(20)17-24-13(12-5-3-2-4-6-12)11-14(19(21,22)23)28(17)25-16/h2-6,13-14,24H,7-11H2,1H3/p+1/t13-,14-/m0/s1. The molecule has 0 aliphatic carbocycles. The van der Waals surface area contributed by atoms with E-state index in [4.69, 9.17) is 11.6 Å². The summed E-state index contributed by atoms with van der Waals surface area (Å²) >= 11 is 6.39. The van der Waals surface area contributed by atoms with E-state index in [1.165, 1.54) is 4.90 Å². The summed E-state index contributed by atoms with van der Waals surface area (Å²) in [5.41, 5.74) is 0.594. The fourth-order valence-corrected chi connectivity index (χ4v) is 4.13. The van der Waals surface area contributed by atoms with Gasteiger partial charge in [0.2, 0.25) is 0 Å². The van der Waals surface area contributed by atoms with Gasteiger partial charge in [-0.15, -0.1) is 0 Å². The molecular weight excluding hydrogens is 407 g/mol. The van der Waals surface area contributed by atoms with Crippen molar-refractivity contribution < 1.29 is 22.9 Å². The number of aromatic nitrogens is 2. The van der Waals surface area contributed by atoms with Crippen LogP contribution in [-0.4, -0.2) is 60.0 Å². The molecule has 10 heteroatoms. The molecule has 156 valence electrons. The molecule has 0 radical (unpaired) electrons. The van der Waals surface area contributed by atoms with Crippen LogP contribution in [0.25, 0.3) is 0 Å². The molecule has 2 aliphatic rings. The normalized spacial score (nSPS) is 22.9. The minimum absolute atomic E-state index is 0.0391. The van der Waals surface area contributed by atoms with Gasteiger partial charge in [0, 0.05) is 6.42 Å². The Morgan fingerprint density at radius 1 is 1.24 bits per heavy atom. The van der Waals surface area contributed by atoms with Gasteiger partial charge < -0.3 is 15.1 Å². The van der Waals surface area contributed by atoms with Gasteiger partial charge in [0.25, 0.3) is 5.91 Å². The van der Waals surface area contributed by atoms with E-state index in [1.807, 2.05) is 7.05 Å². The van der Waals surface area contributed by atoms with Crippen molar-refractivity contribution in [2.75, 3.05) is 38.5 Å². The van der Waals surface area contributed by atoms with Crippen molar-refractivity contribution in [2.24, 2.45) is 0 Å². The third kappa shape index (κ3) is 3.81. The largest absolute Gasteiger partial charge is 0.410 e. The maximum Gasteiger partial charge on any atom is 0.410 e. The molecule has 0 bridgehead atoms. The molecule has 6 nitrogen and oxygen atoms in total. The second kappa shape index (κ2) is 7.53. The molecular formula is C19H22ClF3N5O+. The molecule has 29 heavy (non-hydrogen) atoms. The molecule has 1 aromatic heterocycles. The molecule has 4 rings (SSSR count). The summed E-state index contributed by atoms with van der Waals surface area (Å²) in [6.45, 7) is 2.59. The van der Waals surface area contributed by atoms with Crippen LogP contribution < -0.4 is 10.2 Å². The second-order valence-electron chi connectivity index (χ2n) is 7.61. The predicted octanol–water partition coefficient (Wildman–Crippen LogP) is 2.17. The monoisotopic (exact) mass is 428 g/mol. The molecule has 2 aliphatic heterocycles. The van der Waals surface area contributed by atoms with Gasteiger partial charge in [0.1, 0.15) is 10.8 Å². The van der Waals surface area contributed by atoms with Crippen LogP contribution in [0.3, 0.4) is 0 Å². The van der Waals surface area contributed by atoms with Crippen LogP contribution in [0.1, 0.15) is 34.6 Å². The fourth-order valence-electron chi connectivity index (χ4n) is 3.87. The SMILES string of the molecule is C[NH+]1CCN(C(=O)c2nn3c(c2Cl)N[C@H](c2ccccc2)C[C@H]3C(F)(F)F)CC1. The number of piperazine rings is 1. The number of alkyl halides is 3. The Morgan fingerprint density at radius 3 is 2.52 bits per heavy atom. The first-order valence-electron chi connectivity index (χ1n) is 9.52. The highest BCUT2D eigenvalue weighted by molar-refractivity contribution is 6.36. The molecule has 1 amide bonds. The molecule has 1 saturated heterocycles. The van der Waals surface area contributed by atoms with E-state index in [0.717, 1.165) is 23.3 Å². The van der Waals surface area contributed by atoms with Crippen molar-refractivity contribution in [1.82, 2.24) is 14.7 Å². The summed E-state index contributed by atoms with van der Waals surface area (Å²) in [5, 5.41) is 7.03. The zero-order chi connectivity index (χ0) is 20.8. The number of nitrogens with one attached hydrogen (secondary N) is 2. The molecule has 2 atom stereocenters. The second-order valence-corrected chi connectivity index (χ2v) is 7.98. The van der Waals surface area contributed by atoms with Gasteiger partial charge in [-0.1, -0.05) is 41.9 Å². The van der Waals surface area contributed by atoms with Crippen molar-refractivity contribution in [3.05, 3.63) is 46.6 Å². The summed E-state index contributed by atoms with van der Waals surface area (Å²) in [5.74, 6) is -0.388. The lowest BCUT2D eigenvalue weighted by Gasteiger charge is -2.33. The Kier molecular flexibility index (Phi) is 5.20. The van der Waals surface area contributed by atoms with Gasteiger partial charge in [-0.25, -0.2) is 4.68 Å². The van der Waals surface area contributed by atoms with E-state index in [-0.39, 0.29) is 23.0 Å². The first-order chi connectivity index (χ1) is 13.8. The molecule has 3 heterocycles. The Bertz CT molecular complexity index is 893. The number of carbonyl (C=O) groups excluding carboxylic acids is 1. The van der Waals surface area contributed by atoms with E-state index in [9.17, 15) is 18.0 Å². The highest BCUT2D eigenvalue weighted by Crippen LogP contribution is 2.46. The number of nitrogens with zero attached hydrogens (tertiary/aromatic N) is 3. The number of likely N-dealkylation sites (N-methyl/N-ethyl adjacent to an activating group) is 1. The third-order valence-corrected chi connectivity index (χ3v) is 5.96. The van der Waals surface area contributed by atoms with Crippen LogP contribution in [0.4, 0.5) is 19.0 Å². The van der Waals surface area contributed by atoms with Crippen LogP contribution in [-0.2, 0) is 0 Å². The summed E-state index contributed by atoms with van der Waals surface area (Å²) in [7, 11) is 2.03.